The lowest BCUT2D eigenvalue weighted by atomic mass is 9.93. The molecule has 2 rings (SSSR count). The summed E-state index contributed by atoms with van der Waals surface area (Å²) in [5, 5.41) is 0. The summed E-state index contributed by atoms with van der Waals surface area (Å²) in [7, 11) is 0. The number of rotatable bonds is 3. The molecule has 0 radical (unpaired) electrons. The highest BCUT2D eigenvalue weighted by Crippen LogP contribution is 2.37. The molecule has 0 aliphatic carbocycles. The Bertz CT molecular complexity index is 384. The zero-order chi connectivity index (χ0) is 12.6. The van der Waals surface area contributed by atoms with Gasteiger partial charge in [0, 0.05) is 13.1 Å². The van der Waals surface area contributed by atoms with Crippen LogP contribution in [0.15, 0.2) is 19.6 Å². The maximum atomic E-state index is 5.90. The predicted molar refractivity (Wildman–Crippen MR) is 75.9 cm³/mol. The minimum Gasteiger partial charge on any atom is -0.451 e. The van der Waals surface area contributed by atoms with Crippen molar-refractivity contribution >= 4 is 31.9 Å². The summed E-state index contributed by atoms with van der Waals surface area (Å²) in [4.78, 5) is 2.41. The van der Waals surface area contributed by atoms with E-state index >= 15 is 0 Å². The van der Waals surface area contributed by atoms with Gasteiger partial charge < -0.3 is 10.2 Å². The van der Waals surface area contributed by atoms with E-state index in [9.17, 15) is 0 Å². The average Bonchev–Trinajstić information content (AvgIpc) is 2.73. The maximum absolute atomic E-state index is 5.90. The van der Waals surface area contributed by atoms with Crippen LogP contribution in [0.2, 0.25) is 0 Å². The van der Waals surface area contributed by atoms with Gasteiger partial charge >= 0.3 is 0 Å². The topological polar surface area (TPSA) is 42.4 Å². The molecule has 2 heterocycles. The van der Waals surface area contributed by atoms with Gasteiger partial charge in [0.25, 0.3) is 0 Å². The van der Waals surface area contributed by atoms with E-state index < -0.39 is 0 Å². The van der Waals surface area contributed by atoms with Crippen LogP contribution >= 0.6 is 31.9 Å². The van der Waals surface area contributed by atoms with Gasteiger partial charge in [-0.15, -0.1) is 0 Å². The van der Waals surface area contributed by atoms with E-state index in [1.54, 1.807) is 0 Å². The lowest BCUT2D eigenvalue weighted by Crippen LogP contribution is -2.32. The molecule has 2 N–H and O–H groups in total. The molecule has 96 valence electrons. The first-order chi connectivity index (χ1) is 7.93. The molecule has 1 fully saturated rings. The maximum Gasteiger partial charge on any atom is 0.183 e. The zero-order valence-electron chi connectivity index (χ0n) is 10.2. The van der Waals surface area contributed by atoms with Gasteiger partial charge in [-0.1, -0.05) is 13.8 Å². The van der Waals surface area contributed by atoms with E-state index in [1.807, 2.05) is 6.07 Å². The summed E-state index contributed by atoms with van der Waals surface area (Å²) in [6.45, 7) is 7.35. The molecule has 3 nitrogen and oxygen atoms in total. The Balaban J connectivity index is 2.17. The third-order valence-electron chi connectivity index (χ3n) is 3.36. The Morgan fingerprint density at radius 2 is 2.24 bits per heavy atom. The number of likely N-dealkylation sites (tertiary alicyclic amines) is 1. The van der Waals surface area contributed by atoms with Crippen LogP contribution in [0.1, 0.15) is 32.1 Å². The molecule has 0 bridgehead atoms. The highest BCUT2D eigenvalue weighted by Gasteiger charge is 2.34. The molecule has 0 spiro atoms. The third-order valence-corrected chi connectivity index (χ3v) is 5.07. The smallest absolute Gasteiger partial charge is 0.183 e. The number of nitrogens with zero attached hydrogens (tertiary/aromatic N) is 1. The molecule has 0 saturated carbocycles. The second kappa shape index (κ2) is 5.03. The molecular weight excluding hydrogens is 348 g/mol. The SMILES string of the molecule is CC1(C)CCN(C(CN)c2cc(Br)c(Br)o2)C1. The van der Waals surface area contributed by atoms with E-state index in [-0.39, 0.29) is 6.04 Å². The van der Waals surface area contributed by atoms with Crippen LogP contribution in [0.5, 0.6) is 0 Å². The van der Waals surface area contributed by atoms with Crippen molar-refractivity contribution in [1.82, 2.24) is 4.90 Å². The van der Waals surface area contributed by atoms with E-state index in [1.165, 1.54) is 6.42 Å². The molecule has 1 aliphatic rings. The molecule has 0 amide bonds. The van der Waals surface area contributed by atoms with Crippen LogP contribution < -0.4 is 5.73 Å². The van der Waals surface area contributed by atoms with Gasteiger partial charge in [-0.2, -0.15) is 0 Å². The van der Waals surface area contributed by atoms with Crippen LogP contribution in [0, 0.1) is 5.41 Å². The molecule has 5 heteroatoms. The molecule has 1 atom stereocenters. The second-order valence-electron chi connectivity index (χ2n) is 5.41. The second-order valence-corrected chi connectivity index (χ2v) is 6.98. The molecule has 0 aromatic carbocycles. The van der Waals surface area contributed by atoms with Gasteiger partial charge in [0.1, 0.15) is 5.76 Å². The minimum atomic E-state index is 0.180. The Hall–Kier alpha value is 0.160. The predicted octanol–water partition coefficient (Wildman–Crippen LogP) is 3.54. The fourth-order valence-corrected chi connectivity index (χ4v) is 3.00. The minimum absolute atomic E-state index is 0.180. The lowest BCUT2D eigenvalue weighted by molar-refractivity contribution is 0.198. The van der Waals surface area contributed by atoms with Crippen LogP contribution in [-0.2, 0) is 0 Å². The van der Waals surface area contributed by atoms with E-state index in [0.29, 0.717) is 12.0 Å². The highest BCUT2D eigenvalue weighted by atomic mass is 79.9. The van der Waals surface area contributed by atoms with Crippen molar-refractivity contribution in [2.45, 2.75) is 26.3 Å². The van der Waals surface area contributed by atoms with Gasteiger partial charge in [0.2, 0.25) is 0 Å². The van der Waals surface area contributed by atoms with Gasteiger partial charge in [-0.3, -0.25) is 4.90 Å². The van der Waals surface area contributed by atoms with Crippen LogP contribution in [0.3, 0.4) is 0 Å². The standard InChI is InChI=1S/C12H18Br2N2O/c1-12(2)3-4-16(7-12)9(6-15)10-5-8(13)11(14)17-10/h5,9H,3-4,6-7,15H2,1-2H3. The molecule has 17 heavy (non-hydrogen) atoms. The molecule has 1 unspecified atom stereocenters. The van der Waals surface area contributed by atoms with Crippen molar-refractivity contribution in [2.75, 3.05) is 19.6 Å². The fraction of sp³-hybridized carbons (Fsp3) is 0.667. The number of hydrogen-bond acceptors (Lipinski definition) is 3. The van der Waals surface area contributed by atoms with Crippen LogP contribution in [-0.4, -0.2) is 24.5 Å². The fourth-order valence-electron chi connectivity index (χ4n) is 2.39. The van der Waals surface area contributed by atoms with Crippen molar-refractivity contribution in [3.8, 4) is 0 Å². The first kappa shape index (κ1) is 13.6. The average molecular weight is 366 g/mol. The Kier molecular flexibility index (Phi) is 4.02. The summed E-state index contributed by atoms with van der Waals surface area (Å²) in [6.07, 6.45) is 1.21. The Labute approximate surface area is 119 Å². The molecule has 1 aromatic rings. The van der Waals surface area contributed by atoms with Gasteiger partial charge in [0.05, 0.1) is 10.5 Å². The van der Waals surface area contributed by atoms with E-state index in [2.05, 4.69) is 50.6 Å². The van der Waals surface area contributed by atoms with Crippen molar-refractivity contribution in [2.24, 2.45) is 11.1 Å². The first-order valence-electron chi connectivity index (χ1n) is 5.82. The van der Waals surface area contributed by atoms with E-state index in [4.69, 9.17) is 10.2 Å². The quantitative estimate of drug-likeness (QED) is 0.890. The number of halogens is 2. The molecule has 1 saturated heterocycles. The number of nitrogens with two attached hydrogens (primary N) is 1. The molecular formula is C12H18Br2N2O. The normalized spacial score (nSPS) is 21.9. The first-order valence-corrected chi connectivity index (χ1v) is 7.40. The number of hydrogen-bond donors (Lipinski definition) is 1. The third kappa shape index (κ3) is 2.95. The molecule has 1 aromatic heterocycles. The van der Waals surface area contributed by atoms with Gasteiger partial charge in [-0.05, 0) is 56.3 Å². The largest absolute Gasteiger partial charge is 0.451 e. The Morgan fingerprint density at radius 1 is 1.53 bits per heavy atom. The monoisotopic (exact) mass is 364 g/mol. The lowest BCUT2D eigenvalue weighted by Gasteiger charge is -2.26. The summed E-state index contributed by atoms with van der Waals surface area (Å²) in [5.74, 6) is 0.934. The summed E-state index contributed by atoms with van der Waals surface area (Å²) < 4.78 is 7.38. The number of furan rings is 1. The van der Waals surface area contributed by atoms with Crippen molar-refractivity contribution in [3.05, 3.63) is 21.0 Å². The summed E-state index contributed by atoms with van der Waals surface area (Å²) >= 11 is 6.82. The van der Waals surface area contributed by atoms with Gasteiger partial charge in [0.15, 0.2) is 4.67 Å². The van der Waals surface area contributed by atoms with Gasteiger partial charge in [-0.25, -0.2) is 0 Å². The van der Waals surface area contributed by atoms with Crippen molar-refractivity contribution in [3.63, 3.8) is 0 Å². The highest BCUT2D eigenvalue weighted by molar-refractivity contribution is 9.13. The zero-order valence-corrected chi connectivity index (χ0v) is 13.3. The summed E-state index contributed by atoms with van der Waals surface area (Å²) in [6, 6.07) is 2.19. The van der Waals surface area contributed by atoms with Crippen LogP contribution in [0.25, 0.3) is 0 Å². The van der Waals surface area contributed by atoms with Crippen molar-refractivity contribution < 1.29 is 4.42 Å². The van der Waals surface area contributed by atoms with Crippen LogP contribution in [0.4, 0.5) is 0 Å². The van der Waals surface area contributed by atoms with E-state index in [0.717, 1.165) is 28.0 Å². The summed E-state index contributed by atoms with van der Waals surface area (Å²) in [5.41, 5.74) is 6.28. The molecule has 1 aliphatic heterocycles. The van der Waals surface area contributed by atoms with Crippen molar-refractivity contribution in [1.29, 1.82) is 0 Å². The Morgan fingerprint density at radius 3 is 2.65 bits per heavy atom.